The lowest BCUT2D eigenvalue weighted by atomic mass is 9.90. The number of alkyl carbamates (subject to hydrolysis) is 2. The number of likely N-dealkylation sites (tertiary alicyclic amines) is 2. The lowest BCUT2D eigenvalue weighted by Crippen LogP contribution is -2.54. The summed E-state index contributed by atoms with van der Waals surface area (Å²) >= 11 is 0. The topological polar surface area (TPSA) is 202 Å². The summed E-state index contributed by atoms with van der Waals surface area (Å²) in [5, 5.41) is 7.66. The van der Waals surface area contributed by atoms with Crippen molar-refractivity contribution in [3.8, 4) is 28.1 Å². The van der Waals surface area contributed by atoms with Crippen LogP contribution >= 0.6 is 0 Å². The molecule has 4 amide bonds. The number of amides is 4. The predicted molar refractivity (Wildman–Crippen MR) is 243 cm³/mol. The normalized spacial score (nSPS) is 23.2. The number of hydrogen-bond acceptors (Lipinski definition) is 11. The van der Waals surface area contributed by atoms with Crippen LogP contribution in [0.15, 0.2) is 48.7 Å². The Kier molecular flexibility index (Phi) is 12.1. The third-order valence-corrected chi connectivity index (χ3v) is 14.7. The number of fused-ring (bicyclic) bond motifs is 6. The van der Waals surface area contributed by atoms with E-state index in [2.05, 4.69) is 63.9 Å². The lowest BCUT2D eigenvalue weighted by Gasteiger charge is -2.36. The molecule has 2 aromatic heterocycles. The molecule has 66 heavy (non-hydrogen) atoms. The van der Waals surface area contributed by atoms with E-state index in [1.165, 1.54) is 14.2 Å². The summed E-state index contributed by atoms with van der Waals surface area (Å²) in [6.07, 6.45) is 6.41. The van der Waals surface area contributed by atoms with Crippen LogP contribution < -0.4 is 15.4 Å². The highest BCUT2D eigenvalue weighted by molar-refractivity contribution is 6.07. The van der Waals surface area contributed by atoms with Gasteiger partial charge in [0.05, 0.1) is 49.2 Å². The number of H-pyrrole nitrogens is 2. The molecule has 7 heterocycles. The first-order chi connectivity index (χ1) is 32.1. The van der Waals surface area contributed by atoms with Gasteiger partial charge in [0, 0.05) is 49.5 Å². The van der Waals surface area contributed by atoms with Gasteiger partial charge in [-0.1, -0.05) is 18.2 Å². The summed E-state index contributed by atoms with van der Waals surface area (Å²) in [5.74, 6) is 1.83. The standard InChI is InChI=1S/C49H58N8O9/c1-26-5-11-38(56(26)46(58)41(54-48(60)62-3)28-13-17-64-18-14-28)44-50-24-37(52-44)31-7-9-33-32(21-31)25-66-40-23-34-30(22-35(33)40)8-10-36-43(34)53-45(51-36)39-12-6-27(2)57(39)47(59)42(55-49(61)63-4)29-15-19-65-20-16-29/h7-10,21-24,26-29,38-39,41-42H,5-6,11-20,25H2,1-4H3,(H,50,52)(H,51,53)(H,54,60)(H,55,61)/t26-,27-,38-,39-,41?,42-/m0/s1. The zero-order valence-electron chi connectivity index (χ0n) is 37.9. The molecule has 0 spiro atoms. The molecule has 0 aliphatic carbocycles. The van der Waals surface area contributed by atoms with Crippen molar-refractivity contribution in [1.82, 2.24) is 40.4 Å². The number of carbonyl (C=O) groups excluding carboxylic acids is 4. The van der Waals surface area contributed by atoms with Crippen LogP contribution in [0.5, 0.6) is 5.75 Å². The van der Waals surface area contributed by atoms with Gasteiger partial charge in [-0.15, -0.1) is 0 Å². The van der Waals surface area contributed by atoms with Crippen molar-refractivity contribution in [2.24, 2.45) is 11.8 Å². The zero-order valence-corrected chi connectivity index (χ0v) is 37.9. The molecule has 4 N–H and O–H groups in total. The Morgan fingerprint density at radius 1 is 0.712 bits per heavy atom. The molecule has 0 radical (unpaired) electrons. The summed E-state index contributed by atoms with van der Waals surface area (Å²) in [5.41, 5.74) is 6.58. The van der Waals surface area contributed by atoms with Crippen molar-refractivity contribution in [2.75, 3.05) is 40.6 Å². The number of aromatic amines is 2. The van der Waals surface area contributed by atoms with E-state index in [4.69, 9.17) is 33.7 Å². The molecule has 17 heteroatoms. The van der Waals surface area contributed by atoms with Crippen molar-refractivity contribution < 1.29 is 42.9 Å². The molecule has 0 saturated carbocycles. The number of hydrogen-bond donors (Lipinski definition) is 4. The third-order valence-electron chi connectivity index (χ3n) is 14.7. The molecule has 1 unspecified atom stereocenters. The second-order valence-corrected chi connectivity index (χ2v) is 18.5. The first kappa shape index (κ1) is 43.7. The van der Waals surface area contributed by atoms with Gasteiger partial charge in [-0.2, -0.15) is 0 Å². The van der Waals surface area contributed by atoms with Crippen LogP contribution in [0.4, 0.5) is 9.59 Å². The number of methoxy groups -OCH3 is 2. The van der Waals surface area contributed by atoms with Gasteiger partial charge in [-0.3, -0.25) is 9.59 Å². The molecule has 5 aliphatic rings. The maximum Gasteiger partial charge on any atom is 0.407 e. The Balaban J connectivity index is 0.892. The van der Waals surface area contributed by atoms with Crippen LogP contribution in [0.1, 0.15) is 94.5 Å². The second kappa shape index (κ2) is 18.2. The molecule has 4 saturated heterocycles. The minimum atomic E-state index is -0.724. The van der Waals surface area contributed by atoms with Crippen LogP contribution in [0.25, 0.3) is 44.2 Å². The van der Waals surface area contributed by atoms with Gasteiger partial charge in [0.1, 0.15) is 36.1 Å². The molecule has 4 fully saturated rings. The summed E-state index contributed by atoms with van der Waals surface area (Å²) < 4.78 is 27.5. The number of benzene rings is 3. The van der Waals surface area contributed by atoms with Crippen LogP contribution in [0.3, 0.4) is 0 Å². The van der Waals surface area contributed by atoms with Crippen LogP contribution in [0, 0.1) is 11.8 Å². The summed E-state index contributed by atoms with van der Waals surface area (Å²) in [4.78, 5) is 74.5. The summed E-state index contributed by atoms with van der Waals surface area (Å²) in [6.45, 7) is 6.66. The number of imidazole rings is 2. The van der Waals surface area contributed by atoms with E-state index in [1.807, 2.05) is 29.0 Å². The van der Waals surface area contributed by atoms with Crippen molar-refractivity contribution in [2.45, 2.75) is 108 Å². The molecule has 10 rings (SSSR count). The van der Waals surface area contributed by atoms with E-state index in [1.54, 1.807) is 0 Å². The summed E-state index contributed by atoms with van der Waals surface area (Å²) in [7, 11) is 2.62. The van der Waals surface area contributed by atoms with Gasteiger partial charge < -0.3 is 54.1 Å². The average molecular weight is 903 g/mol. The maximum atomic E-state index is 14.4. The molecule has 5 aromatic rings. The average Bonchev–Trinajstić information content (AvgIpc) is 4.18. The Morgan fingerprint density at radius 3 is 1.92 bits per heavy atom. The fourth-order valence-corrected chi connectivity index (χ4v) is 11.1. The monoisotopic (exact) mass is 902 g/mol. The van der Waals surface area contributed by atoms with E-state index in [-0.39, 0.29) is 47.8 Å². The number of rotatable bonds is 9. The van der Waals surface area contributed by atoms with Crippen LogP contribution in [0.2, 0.25) is 0 Å². The van der Waals surface area contributed by atoms with Crippen LogP contribution in [-0.4, -0.2) is 119 Å². The number of nitrogens with zero attached hydrogens (tertiary/aromatic N) is 4. The SMILES string of the molecule is COC(=O)NC(C(=O)N1[C@@H](C)CC[C@H]1c1ncc(-c2ccc3c(c2)COc2cc4c(ccc5[nH]c([C@@H]6CC[C@H](C)N6C(=O)[C@@H](NC(=O)OC)C6CCOCC6)nc54)cc2-3)[nH]1)C1CCOCC1. The molecule has 5 aliphatic heterocycles. The molecule has 348 valence electrons. The zero-order chi connectivity index (χ0) is 45.6. The number of carbonyl (C=O) groups is 4. The molecular weight excluding hydrogens is 845 g/mol. The largest absolute Gasteiger partial charge is 0.488 e. The first-order valence-corrected chi connectivity index (χ1v) is 23.4. The third kappa shape index (κ3) is 8.09. The van der Waals surface area contributed by atoms with Gasteiger partial charge in [0.15, 0.2) is 0 Å². The van der Waals surface area contributed by atoms with Gasteiger partial charge in [0.25, 0.3) is 0 Å². The Bertz CT molecular complexity index is 2650. The minimum absolute atomic E-state index is 0.0308. The van der Waals surface area contributed by atoms with E-state index in [9.17, 15) is 19.2 Å². The van der Waals surface area contributed by atoms with Gasteiger partial charge in [-0.05, 0) is 123 Å². The minimum Gasteiger partial charge on any atom is -0.488 e. The highest BCUT2D eigenvalue weighted by Crippen LogP contribution is 2.44. The molecule has 0 bridgehead atoms. The van der Waals surface area contributed by atoms with Gasteiger partial charge >= 0.3 is 12.2 Å². The molecule has 6 atom stereocenters. The highest BCUT2D eigenvalue weighted by atomic mass is 16.5. The quantitative estimate of drug-likeness (QED) is 0.118. The summed E-state index contributed by atoms with van der Waals surface area (Å²) in [6, 6.07) is 12.6. The van der Waals surface area contributed by atoms with Gasteiger partial charge in [0.2, 0.25) is 11.8 Å². The van der Waals surface area contributed by atoms with E-state index < -0.39 is 24.3 Å². The van der Waals surface area contributed by atoms with E-state index in [0.717, 1.165) is 81.2 Å². The molecular formula is C49H58N8O9. The number of ether oxygens (including phenoxy) is 5. The van der Waals surface area contributed by atoms with E-state index in [0.29, 0.717) is 70.4 Å². The van der Waals surface area contributed by atoms with Crippen molar-refractivity contribution in [1.29, 1.82) is 0 Å². The highest BCUT2D eigenvalue weighted by Gasteiger charge is 2.45. The second-order valence-electron chi connectivity index (χ2n) is 18.5. The Hall–Kier alpha value is -6.20. The van der Waals surface area contributed by atoms with E-state index >= 15 is 0 Å². The Morgan fingerprint density at radius 2 is 1.32 bits per heavy atom. The fraction of sp³-hybridized carbons (Fsp3) is 0.510. The molecule has 3 aromatic carbocycles. The van der Waals surface area contributed by atoms with Crippen molar-refractivity contribution >= 4 is 45.8 Å². The van der Waals surface area contributed by atoms with Crippen molar-refractivity contribution in [3.05, 3.63) is 65.9 Å². The van der Waals surface area contributed by atoms with Crippen LogP contribution in [-0.2, 0) is 35.1 Å². The number of nitrogens with one attached hydrogen (secondary N) is 4. The number of aromatic nitrogens is 4. The van der Waals surface area contributed by atoms with Crippen molar-refractivity contribution in [3.63, 3.8) is 0 Å². The Labute approximate surface area is 382 Å². The fourth-order valence-electron chi connectivity index (χ4n) is 11.1. The lowest BCUT2D eigenvalue weighted by molar-refractivity contribution is -0.139. The first-order valence-electron chi connectivity index (χ1n) is 23.4. The molecule has 17 nitrogen and oxygen atoms in total. The van der Waals surface area contributed by atoms with Gasteiger partial charge in [-0.25, -0.2) is 19.6 Å². The predicted octanol–water partition coefficient (Wildman–Crippen LogP) is 7.07. The maximum absolute atomic E-state index is 14.4. The smallest absolute Gasteiger partial charge is 0.407 e.